The van der Waals surface area contributed by atoms with Gasteiger partial charge in [-0.15, -0.1) is 0 Å². The Morgan fingerprint density at radius 1 is 1.07 bits per heavy atom. The Bertz CT molecular complexity index is 1100. The fourth-order valence-electron chi connectivity index (χ4n) is 3.23. The van der Waals surface area contributed by atoms with Crippen LogP contribution in [0.25, 0.3) is 0 Å². The third kappa shape index (κ3) is 4.64. The first-order valence-electron chi connectivity index (χ1n) is 9.63. The molecular weight excluding hydrogens is 408 g/mol. The summed E-state index contributed by atoms with van der Waals surface area (Å²) in [5.74, 6) is 0.149. The van der Waals surface area contributed by atoms with E-state index in [9.17, 15) is 13.2 Å². The van der Waals surface area contributed by atoms with Crippen LogP contribution in [-0.2, 0) is 28.0 Å². The highest BCUT2D eigenvalue weighted by molar-refractivity contribution is 7.89. The SMILES string of the molecule is O=C(Nc1cccc(COCc2ccco2)c1)c1ccc(S(=O)(=O)N2CCCC2)o1. The van der Waals surface area contributed by atoms with Crippen molar-refractivity contribution in [2.75, 3.05) is 18.4 Å². The van der Waals surface area contributed by atoms with E-state index in [4.69, 9.17) is 13.6 Å². The van der Waals surface area contributed by atoms with Crippen LogP contribution in [0.3, 0.4) is 0 Å². The summed E-state index contributed by atoms with van der Waals surface area (Å²) in [5.41, 5.74) is 1.43. The van der Waals surface area contributed by atoms with Crippen LogP contribution in [0.1, 0.15) is 34.7 Å². The van der Waals surface area contributed by atoms with Gasteiger partial charge in [0.15, 0.2) is 5.76 Å². The molecule has 0 spiro atoms. The van der Waals surface area contributed by atoms with E-state index in [0.29, 0.717) is 32.0 Å². The number of benzene rings is 1. The van der Waals surface area contributed by atoms with E-state index in [-0.39, 0.29) is 10.9 Å². The smallest absolute Gasteiger partial charge is 0.291 e. The normalized spacial score (nSPS) is 14.8. The van der Waals surface area contributed by atoms with Gasteiger partial charge in [0.2, 0.25) is 5.09 Å². The van der Waals surface area contributed by atoms with Crippen LogP contribution in [0.4, 0.5) is 5.69 Å². The van der Waals surface area contributed by atoms with Crippen LogP contribution in [-0.4, -0.2) is 31.7 Å². The lowest BCUT2D eigenvalue weighted by molar-refractivity contribution is 0.0929. The van der Waals surface area contributed by atoms with E-state index < -0.39 is 15.9 Å². The molecule has 1 aliphatic heterocycles. The number of carbonyl (C=O) groups excluding carboxylic acids is 1. The average Bonchev–Trinajstić information content (AvgIpc) is 3.50. The van der Waals surface area contributed by atoms with Crippen LogP contribution in [0.15, 0.2) is 68.7 Å². The first kappa shape index (κ1) is 20.4. The molecule has 0 saturated carbocycles. The molecule has 3 heterocycles. The minimum Gasteiger partial charge on any atom is -0.467 e. The zero-order valence-electron chi connectivity index (χ0n) is 16.2. The lowest BCUT2D eigenvalue weighted by Crippen LogP contribution is -2.27. The van der Waals surface area contributed by atoms with Crippen molar-refractivity contribution in [2.45, 2.75) is 31.1 Å². The Labute approximate surface area is 174 Å². The number of hydrogen-bond donors (Lipinski definition) is 1. The second kappa shape index (κ2) is 8.86. The number of nitrogens with zero attached hydrogens (tertiary/aromatic N) is 1. The number of rotatable bonds is 8. The summed E-state index contributed by atoms with van der Waals surface area (Å²) >= 11 is 0. The number of amides is 1. The zero-order valence-corrected chi connectivity index (χ0v) is 17.1. The van der Waals surface area contributed by atoms with Gasteiger partial charge in [-0.1, -0.05) is 12.1 Å². The molecule has 0 aliphatic carbocycles. The molecular formula is C21H22N2O6S. The van der Waals surface area contributed by atoms with E-state index in [1.807, 2.05) is 12.1 Å². The fourth-order valence-corrected chi connectivity index (χ4v) is 4.66. The molecule has 0 radical (unpaired) electrons. The highest BCUT2D eigenvalue weighted by atomic mass is 32.2. The number of hydrogen-bond acceptors (Lipinski definition) is 6. The van der Waals surface area contributed by atoms with Crippen LogP contribution >= 0.6 is 0 Å². The summed E-state index contributed by atoms with van der Waals surface area (Å²) in [6.07, 6.45) is 3.25. The molecule has 1 fully saturated rings. The van der Waals surface area contributed by atoms with Crippen molar-refractivity contribution in [1.82, 2.24) is 4.31 Å². The fraction of sp³-hybridized carbons (Fsp3) is 0.286. The Kier molecular flexibility index (Phi) is 6.03. The molecule has 30 heavy (non-hydrogen) atoms. The first-order chi connectivity index (χ1) is 14.5. The predicted molar refractivity (Wildman–Crippen MR) is 108 cm³/mol. The molecule has 0 unspecified atom stereocenters. The molecule has 4 rings (SSSR count). The molecule has 2 aromatic heterocycles. The Hall–Kier alpha value is -2.88. The van der Waals surface area contributed by atoms with Gasteiger partial charge in [0.25, 0.3) is 15.9 Å². The van der Waals surface area contributed by atoms with Crippen molar-refractivity contribution in [3.8, 4) is 0 Å². The van der Waals surface area contributed by atoms with Crippen molar-refractivity contribution in [3.63, 3.8) is 0 Å². The maximum Gasteiger partial charge on any atom is 0.291 e. The molecule has 1 saturated heterocycles. The highest BCUT2D eigenvalue weighted by Crippen LogP contribution is 2.23. The minimum absolute atomic E-state index is 0.0627. The second-order valence-corrected chi connectivity index (χ2v) is 8.83. The van der Waals surface area contributed by atoms with Gasteiger partial charge in [-0.3, -0.25) is 4.79 Å². The monoisotopic (exact) mass is 430 g/mol. The van der Waals surface area contributed by atoms with Gasteiger partial charge in [0.1, 0.15) is 12.4 Å². The van der Waals surface area contributed by atoms with Gasteiger partial charge in [-0.25, -0.2) is 8.42 Å². The second-order valence-electron chi connectivity index (χ2n) is 6.96. The lowest BCUT2D eigenvalue weighted by atomic mass is 10.2. The molecule has 9 heteroatoms. The van der Waals surface area contributed by atoms with Crippen molar-refractivity contribution >= 4 is 21.6 Å². The molecule has 3 aromatic rings. The average molecular weight is 430 g/mol. The molecule has 1 amide bonds. The summed E-state index contributed by atoms with van der Waals surface area (Å²) in [7, 11) is -3.70. The number of nitrogens with one attached hydrogen (secondary N) is 1. The summed E-state index contributed by atoms with van der Waals surface area (Å²) in [5, 5.41) is 2.51. The molecule has 1 aliphatic rings. The molecule has 8 nitrogen and oxygen atoms in total. The van der Waals surface area contributed by atoms with Crippen LogP contribution in [0.2, 0.25) is 0 Å². The topological polar surface area (TPSA) is 102 Å². The molecule has 0 bridgehead atoms. The number of anilines is 1. The minimum atomic E-state index is -3.70. The van der Waals surface area contributed by atoms with E-state index in [1.54, 1.807) is 30.5 Å². The van der Waals surface area contributed by atoms with Crippen LogP contribution in [0, 0.1) is 0 Å². The van der Waals surface area contributed by atoms with Crippen molar-refractivity contribution < 1.29 is 26.8 Å². The van der Waals surface area contributed by atoms with E-state index >= 15 is 0 Å². The Morgan fingerprint density at radius 3 is 2.67 bits per heavy atom. The summed E-state index contributed by atoms with van der Waals surface area (Å²) in [6.45, 7) is 1.65. The summed E-state index contributed by atoms with van der Waals surface area (Å²) in [4.78, 5) is 12.5. The third-order valence-electron chi connectivity index (χ3n) is 4.74. The molecule has 158 valence electrons. The highest BCUT2D eigenvalue weighted by Gasteiger charge is 2.30. The van der Waals surface area contributed by atoms with E-state index in [1.165, 1.54) is 16.4 Å². The predicted octanol–water partition coefficient (Wildman–Crippen LogP) is 3.63. The first-order valence-corrected chi connectivity index (χ1v) is 11.1. The molecule has 1 aromatic carbocycles. The molecule has 1 N–H and O–H groups in total. The zero-order chi connectivity index (χ0) is 21.0. The Balaban J connectivity index is 1.37. The van der Waals surface area contributed by atoms with Gasteiger partial charge in [0.05, 0.1) is 12.9 Å². The maximum atomic E-state index is 12.5. The summed E-state index contributed by atoms with van der Waals surface area (Å²) < 4.78 is 42.6. The largest absolute Gasteiger partial charge is 0.467 e. The number of carbonyl (C=O) groups is 1. The summed E-state index contributed by atoms with van der Waals surface area (Å²) in [6, 6.07) is 13.5. The van der Waals surface area contributed by atoms with E-state index in [0.717, 1.165) is 24.2 Å². The lowest BCUT2D eigenvalue weighted by Gasteiger charge is -2.12. The van der Waals surface area contributed by atoms with Gasteiger partial charge >= 0.3 is 0 Å². The number of ether oxygens (including phenoxy) is 1. The van der Waals surface area contributed by atoms with Crippen molar-refractivity contribution in [2.24, 2.45) is 0 Å². The van der Waals surface area contributed by atoms with Crippen molar-refractivity contribution in [3.05, 3.63) is 71.9 Å². The standard InChI is InChI=1S/C21H22N2O6S/c24-21(19-8-9-20(29-19)30(25,26)23-10-1-2-11-23)22-17-6-3-5-16(13-17)14-27-15-18-7-4-12-28-18/h3-9,12-13H,1-2,10-11,14-15H2,(H,22,24). The van der Waals surface area contributed by atoms with Crippen molar-refractivity contribution in [1.29, 1.82) is 0 Å². The van der Waals surface area contributed by atoms with Gasteiger partial charge in [-0.2, -0.15) is 4.31 Å². The van der Waals surface area contributed by atoms with Crippen LogP contribution in [0.5, 0.6) is 0 Å². The third-order valence-corrected chi connectivity index (χ3v) is 6.52. The van der Waals surface area contributed by atoms with E-state index in [2.05, 4.69) is 5.32 Å². The van der Waals surface area contributed by atoms with Gasteiger partial charge in [-0.05, 0) is 54.8 Å². The van der Waals surface area contributed by atoms with Gasteiger partial charge in [0, 0.05) is 18.8 Å². The van der Waals surface area contributed by atoms with Crippen LogP contribution < -0.4 is 5.32 Å². The molecule has 0 atom stereocenters. The number of furan rings is 2. The quantitative estimate of drug-likeness (QED) is 0.586. The van der Waals surface area contributed by atoms with Gasteiger partial charge < -0.3 is 18.9 Å². The maximum absolute atomic E-state index is 12.5. The Morgan fingerprint density at radius 2 is 1.90 bits per heavy atom. The number of sulfonamides is 1.